The summed E-state index contributed by atoms with van der Waals surface area (Å²) in [6, 6.07) is 23.3. The second-order valence-corrected chi connectivity index (χ2v) is 18.0. The maximum absolute atomic E-state index is 14.6. The molecule has 7 rings (SSSR count). The summed E-state index contributed by atoms with van der Waals surface area (Å²) in [5, 5.41) is 3.54. The lowest BCUT2D eigenvalue weighted by atomic mass is 9.99. The number of ether oxygens (including phenoxy) is 4. The number of fused-ring (bicyclic) bond motifs is 1. The first kappa shape index (κ1) is 40.6. The summed E-state index contributed by atoms with van der Waals surface area (Å²) in [6.45, 7) is 9.24. The van der Waals surface area contributed by atoms with Gasteiger partial charge in [0.1, 0.15) is 40.5 Å². The van der Waals surface area contributed by atoms with Gasteiger partial charge in [-0.3, -0.25) is 19.2 Å². The zero-order chi connectivity index (χ0) is 41.4. The smallest absolute Gasteiger partial charge is 0.307 e. The van der Waals surface area contributed by atoms with Crippen LogP contribution in [0.1, 0.15) is 40.0 Å². The number of epoxide rings is 1. The molecule has 3 heterocycles. The van der Waals surface area contributed by atoms with Crippen LogP contribution in [0.3, 0.4) is 0 Å². The number of likely N-dealkylation sites (tertiary alicyclic amines) is 1. The van der Waals surface area contributed by atoms with Gasteiger partial charge in [-0.1, -0.05) is 54.6 Å². The number of carbonyl (C=O) groups is 4. The SMILES string of the molecule is C=CC1C[C@]1(NC(=O)[C@@H]1C[C@@H](Oc2cc(-c3ccccc3)nc3cc(OC)ccc23)CN1C(=O)[C@@H](CC(=O)OC(C)(C)C)C1CO1)C(=O)CS(=O)(=O)c1ccccc1. The van der Waals surface area contributed by atoms with Gasteiger partial charge < -0.3 is 29.2 Å². The molecule has 6 atom stereocenters. The minimum atomic E-state index is -4.03. The number of Topliss-reactive ketones (excluding diaryl/α,β-unsaturated/α-hetero) is 1. The zero-order valence-corrected chi connectivity index (χ0v) is 33.7. The first-order valence-electron chi connectivity index (χ1n) is 19.2. The number of carbonyl (C=O) groups excluding carboxylic acids is 4. The van der Waals surface area contributed by atoms with E-state index in [1.807, 2.05) is 42.5 Å². The number of hydrogen-bond donors (Lipinski definition) is 1. The third kappa shape index (κ3) is 8.77. The molecular formula is C44H47N3O10S. The van der Waals surface area contributed by atoms with Crippen LogP contribution in [-0.2, 0) is 38.5 Å². The van der Waals surface area contributed by atoms with E-state index >= 15 is 0 Å². The Balaban J connectivity index is 1.20. The van der Waals surface area contributed by atoms with Gasteiger partial charge in [0.15, 0.2) is 15.6 Å². The number of nitrogens with one attached hydrogen (secondary N) is 1. The fourth-order valence-electron chi connectivity index (χ4n) is 7.58. The zero-order valence-electron chi connectivity index (χ0n) is 32.9. The number of pyridine rings is 1. The Morgan fingerprint density at radius 2 is 1.72 bits per heavy atom. The predicted molar refractivity (Wildman–Crippen MR) is 215 cm³/mol. The molecule has 58 heavy (non-hydrogen) atoms. The fraction of sp³-hybridized carbons (Fsp3) is 0.386. The second-order valence-electron chi connectivity index (χ2n) is 16.0. The van der Waals surface area contributed by atoms with Gasteiger partial charge in [-0.05, 0) is 51.5 Å². The first-order chi connectivity index (χ1) is 27.6. The molecule has 1 N–H and O–H groups in total. The Morgan fingerprint density at radius 3 is 2.34 bits per heavy atom. The molecule has 0 spiro atoms. The summed E-state index contributed by atoms with van der Waals surface area (Å²) < 4.78 is 49.8. The van der Waals surface area contributed by atoms with Gasteiger partial charge in [0.05, 0.1) is 54.8 Å². The lowest BCUT2D eigenvalue weighted by Crippen LogP contribution is -2.55. The molecule has 2 aliphatic heterocycles. The van der Waals surface area contributed by atoms with Gasteiger partial charge in [-0.25, -0.2) is 13.4 Å². The molecule has 2 unspecified atom stereocenters. The highest BCUT2D eigenvalue weighted by Gasteiger charge is 2.61. The number of rotatable bonds is 15. The summed E-state index contributed by atoms with van der Waals surface area (Å²) in [5.74, 6) is -3.67. The molecule has 1 saturated carbocycles. The maximum Gasteiger partial charge on any atom is 0.307 e. The van der Waals surface area contributed by atoms with Crippen LogP contribution in [0.25, 0.3) is 22.2 Å². The molecule has 1 aromatic heterocycles. The van der Waals surface area contributed by atoms with Crippen LogP contribution in [0.15, 0.2) is 102 Å². The van der Waals surface area contributed by atoms with Gasteiger partial charge in [-0.2, -0.15) is 0 Å². The third-order valence-corrected chi connectivity index (χ3v) is 12.3. The molecule has 304 valence electrons. The summed E-state index contributed by atoms with van der Waals surface area (Å²) in [7, 11) is -2.47. The molecule has 14 heteroatoms. The number of amides is 2. The molecule has 4 aromatic rings. The van der Waals surface area contributed by atoms with Crippen molar-refractivity contribution in [1.29, 1.82) is 0 Å². The number of hydrogen-bond acceptors (Lipinski definition) is 11. The van der Waals surface area contributed by atoms with E-state index in [-0.39, 0.29) is 37.3 Å². The van der Waals surface area contributed by atoms with Crippen LogP contribution in [-0.4, -0.2) is 97.3 Å². The fourth-order valence-corrected chi connectivity index (χ4v) is 8.92. The first-order valence-corrected chi connectivity index (χ1v) is 20.9. The largest absolute Gasteiger partial charge is 0.497 e. The van der Waals surface area contributed by atoms with Gasteiger partial charge in [0.2, 0.25) is 11.8 Å². The number of esters is 1. The summed E-state index contributed by atoms with van der Waals surface area (Å²) in [5.41, 5.74) is -0.239. The Morgan fingerprint density at radius 1 is 1.03 bits per heavy atom. The van der Waals surface area contributed by atoms with Crippen molar-refractivity contribution in [2.75, 3.05) is 26.0 Å². The molecule has 3 aliphatic rings. The molecular weight excluding hydrogens is 763 g/mol. The van der Waals surface area contributed by atoms with E-state index in [1.54, 1.807) is 58.2 Å². The van der Waals surface area contributed by atoms with Crippen LogP contribution < -0.4 is 14.8 Å². The van der Waals surface area contributed by atoms with Gasteiger partial charge in [0.25, 0.3) is 0 Å². The van der Waals surface area contributed by atoms with Crippen LogP contribution in [0, 0.1) is 11.8 Å². The number of aromatic nitrogens is 1. The van der Waals surface area contributed by atoms with E-state index < -0.39 is 80.4 Å². The van der Waals surface area contributed by atoms with Crippen molar-refractivity contribution in [3.8, 4) is 22.8 Å². The van der Waals surface area contributed by atoms with E-state index in [4.69, 9.17) is 23.9 Å². The Hall–Kier alpha value is -5.60. The Labute approximate surface area is 337 Å². The molecule has 0 bridgehead atoms. The average molecular weight is 810 g/mol. The molecule has 3 aromatic carbocycles. The number of ketones is 1. The summed E-state index contributed by atoms with van der Waals surface area (Å²) >= 11 is 0. The lowest BCUT2D eigenvalue weighted by Gasteiger charge is -2.29. The number of methoxy groups -OCH3 is 1. The van der Waals surface area contributed by atoms with Crippen molar-refractivity contribution in [2.45, 2.75) is 74.3 Å². The summed E-state index contributed by atoms with van der Waals surface area (Å²) in [4.78, 5) is 62.3. The minimum absolute atomic E-state index is 0.0102. The van der Waals surface area contributed by atoms with Crippen LogP contribution >= 0.6 is 0 Å². The second kappa shape index (κ2) is 16.0. The van der Waals surface area contributed by atoms with Crippen molar-refractivity contribution >= 4 is 44.3 Å². The Kier molecular flexibility index (Phi) is 11.2. The molecule has 2 amide bonds. The van der Waals surface area contributed by atoms with Gasteiger partial charge in [0, 0.05) is 35.4 Å². The van der Waals surface area contributed by atoms with Crippen LogP contribution in [0.4, 0.5) is 0 Å². The lowest BCUT2D eigenvalue weighted by molar-refractivity contribution is -0.159. The van der Waals surface area contributed by atoms with Crippen LogP contribution in [0.2, 0.25) is 0 Å². The van der Waals surface area contributed by atoms with Crippen molar-refractivity contribution in [3.63, 3.8) is 0 Å². The number of sulfone groups is 1. The highest BCUT2D eigenvalue weighted by atomic mass is 32.2. The molecule has 13 nitrogen and oxygen atoms in total. The molecule has 3 fully saturated rings. The number of benzene rings is 3. The van der Waals surface area contributed by atoms with E-state index in [2.05, 4.69) is 11.9 Å². The average Bonchev–Trinajstić information content (AvgIpc) is 4.12. The standard InChI is InChI=1S/C44H47N3O10S/c1-6-28-23-44(28,39(48)26-58(52,53)31-15-11-8-12-16-31)46-41(50)36-20-30(24-47(36)42(51)33(38-25-55-38)21-40(49)57-43(2,3)4)56-37-22-34(27-13-9-7-10-14-27)45-35-19-29(54-5)17-18-32(35)37/h6-19,22,28,30,33,36,38H,1,20-21,23-26H2,2-5H3,(H,46,50)/t28?,30-,33+,36+,38?,44-/m1/s1. The highest BCUT2D eigenvalue weighted by Crippen LogP contribution is 2.46. The van der Waals surface area contributed by atoms with E-state index in [0.29, 0.717) is 28.1 Å². The molecule has 0 radical (unpaired) electrons. The predicted octanol–water partition coefficient (Wildman–Crippen LogP) is 5.11. The monoisotopic (exact) mass is 809 g/mol. The van der Waals surface area contributed by atoms with Crippen LogP contribution in [0.5, 0.6) is 11.5 Å². The van der Waals surface area contributed by atoms with Crippen molar-refractivity contribution in [1.82, 2.24) is 15.2 Å². The molecule has 2 saturated heterocycles. The number of nitrogens with zero attached hydrogens (tertiary/aromatic N) is 2. The van der Waals surface area contributed by atoms with Crippen molar-refractivity contribution in [3.05, 3.63) is 97.6 Å². The van der Waals surface area contributed by atoms with Gasteiger partial charge in [-0.15, -0.1) is 6.58 Å². The normalized spacial score (nSPS) is 23.1. The van der Waals surface area contributed by atoms with E-state index in [9.17, 15) is 27.6 Å². The highest BCUT2D eigenvalue weighted by molar-refractivity contribution is 7.92. The van der Waals surface area contributed by atoms with Crippen molar-refractivity contribution < 1.29 is 46.5 Å². The third-order valence-electron chi connectivity index (χ3n) is 10.7. The van der Waals surface area contributed by atoms with Gasteiger partial charge >= 0.3 is 5.97 Å². The maximum atomic E-state index is 14.6. The quantitative estimate of drug-likeness (QED) is 0.0962. The summed E-state index contributed by atoms with van der Waals surface area (Å²) in [6.07, 6.45) is 0.143. The Bertz CT molecular complexity index is 2340. The van der Waals surface area contributed by atoms with E-state index in [1.165, 1.54) is 23.1 Å². The molecule has 1 aliphatic carbocycles. The topological polar surface area (TPSA) is 171 Å². The van der Waals surface area contributed by atoms with Crippen molar-refractivity contribution in [2.24, 2.45) is 11.8 Å². The minimum Gasteiger partial charge on any atom is -0.497 e. The van der Waals surface area contributed by atoms with E-state index in [0.717, 1.165) is 5.56 Å².